The van der Waals surface area contributed by atoms with E-state index in [1.165, 1.54) is 71.0 Å². The van der Waals surface area contributed by atoms with E-state index in [-0.39, 0.29) is 0 Å². The van der Waals surface area contributed by atoms with Gasteiger partial charge in [0.15, 0.2) is 52.4 Å². The van der Waals surface area contributed by atoms with E-state index in [0.717, 1.165) is 96.6 Å². The van der Waals surface area contributed by atoms with E-state index in [9.17, 15) is 0 Å². The fourth-order valence-electron chi connectivity index (χ4n) is 16.3. The summed E-state index contributed by atoms with van der Waals surface area (Å²) in [5, 5.41) is 8.67. The molecule has 564 valence electrons. The first-order valence-corrected chi connectivity index (χ1v) is 40.1. The van der Waals surface area contributed by atoms with Crippen molar-refractivity contribution in [3.8, 4) is 131 Å². The van der Waals surface area contributed by atoms with Crippen LogP contribution in [-0.2, 0) is 13.1 Å². The molecule has 7 heterocycles. The Morgan fingerprint density at radius 3 is 0.916 bits per heavy atom. The van der Waals surface area contributed by atoms with Gasteiger partial charge in [0.05, 0.1) is 33.3 Å². The van der Waals surface area contributed by atoms with Crippen LogP contribution >= 0.6 is 0 Å². The lowest BCUT2D eigenvalue weighted by molar-refractivity contribution is 0.828. The van der Waals surface area contributed by atoms with Crippen LogP contribution < -0.4 is 0 Å². The summed E-state index contributed by atoms with van der Waals surface area (Å²) in [4.78, 5) is 49.2. The van der Waals surface area contributed by atoms with Crippen LogP contribution in [0.2, 0.25) is 0 Å². The quantitative estimate of drug-likeness (QED) is 0.103. The second-order valence-corrected chi connectivity index (χ2v) is 29.1. The molecular weight excluding hydrogens is 1460 g/mol. The lowest BCUT2D eigenvalue weighted by Gasteiger charge is -2.11. The first-order chi connectivity index (χ1) is 58.9. The van der Waals surface area contributed by atoms with Crippen molar-refractivity contribution >= 4 is 76.3 Å². The molecule has 7 aromatic heterocycles. The largest absolute Gasteiger partial charge is 0.340 e. The first kappa shape index (κ1) is 72.1. The molecule has 0 saturated carbocycles. The fraction of sp³-hybridized carbons (Fsp3) is 0.0377. The van der Waals surface area contributed by atoms with Crippen LogP contribution in [0.3, 0.4) is 0 Å². The number of rotatable bonds is 14. The molecule has 0 aliphatic heterocycles. The third-order valence-corrected chi connectivity index (χ3v) is 21.9. The highest BCUT2D eigenvalue weighted by Gasteiger charge is 2.22. The topological polar surface area (TPSA) is 144 Å². The van der Waals surface area contributed by atoms with Crippen LogP contribution in [0, 0.1) is 0 Å². The van der Waals surface area contributed by atoms with E-state index in [1.54, 1.807) is 0 Å². The molecule has 22 rings (SSSR count). The number of hydrogen-bond acceptors (Lipinski definition) is 10. The number of benzene rings is 15. The van der Waals surface area contributed by atoms with Crippen molar-refractivity contribution < 1.29 is 0 Å². The van der Waals surface area contributed by atoms with Crippen molar-refractivity contribution in [3.05, 3.63) is 394 Å². The van der Waals surface area contributed by atoms with Gasteiger partial charge in [0.2, 0.25) is 0 Å². The SMILES string of the molecule is CCn1c2ccccc2c2ccc3ccc(-c4ccc(-c5nc(-c6ccccc6)nc(-c6ccccc6)n5)cc4)nc3c21.CCn1c2ccccc2c2cccc(-c3cccc(-c4nc(-c5ccccc5)nc(-c5ccccc5)n4)c3)c21.c1ccc(-c2nc(-c3ccccc3)nc(-c3cccc(-n4c5ccccc5c5ccccc54)c3)n2)cc1. The predicted molar refractivity (Wildman–Crippen MR) is 486 cm³/mol. The lowest BCUT2D eigenvalue weighted by atomic mass is 10.00. The molecule has 0 N–H and O–H groups in total. The number of fused-ring (bicyclic) bond motifs is 11. The van der Waals surface area contributed by atoms with Crippen molar-refractivity contribution in [3.63, 3.8) is 0 Å². The van der Waals surface area contributed by atoms with Gasteiger partial charge in [-0.15, -0.1) is 0 Å². The first-order valence-electron chi connectivity index (χ1n) is 40.1. The Bertz CT molecular complexity index is 7250. The predicted octanol–water partition coefficient (Wildman–Crippen LogP) is 25.9. The molecule has 0 atom stereocenters. The molecule has 0 radical (unpaired) electrons. The summed E-state index contributed by atoms with van der Waals surface area (Å²) in [5.74, 6) is 5.90. The minimum atomic E-state index is 0.639. The number of pyridine rings is 1. The molecule has 13 heteroatoms. The highest BCUT2D eigenvalue weighted by Crippen LogP contribution is 2.41. The fourth-order valence-corrected chi connectivity index (χ4v) is 16.3. The van der Waals surface area contributed by atoms with Gasteiger partial charge in [-0.1, -0.05) is 346 Å². The van der Waals surface area contributed by atoms with E-state index in [2.05, 4.69) is 240 Å². The lowest BCUT2D eigenvalue weighted by Crippen LogP contribution is -2.01. The molecule has 22 aromatic rings. The van der Waals surface area contributed by atoms with Gasteiger partial charge >= 0.3 is 0 Å². The van der Waals surface area contributed by atoms with E-state index >= 15 is 0 Å². The standard InChI is InChI=1S/C38H27N5.C35H26N4.C33H22N4/c1-2-43-33-16-10-9-15-30(33)31-23-21-26-22-24-32(39-34(26)35(31)43)25-17-19-29(20-18-25)38-41-36(27-11-5-3-6-12-27)40-37(42-38)28-13-7-4-8-14-28;1-2-39-31-22-10-9-19-29(31)30-21-12-20-28(32(30)39)26-17-11-18-27(23-26)35-37-33(24-13-5-3-6-14-24)36-34(38-35)25-15-7-4-8-16-25;1-3-12-23(13-4-1)31-34-32(24-14-5-2-6-15-24)36-33(35-31)25-16-11-17-26(22-25)37-29-20-9-7-18-27(29)28-19-8-10-21-30(28)37/h3-24H,2H2,1H3;3-23H,2H2,1H3;1-22H. The third kappa shape index (κ3) is 14.0. The maximum atomic E-state index is 5.23. The normalized spacial score (nSPS) is 11.3. The maximum absolute atomic E-state index is 5.23. The van der Waals surface area contributed by atoms with Crippen LogP contribution in [0.1, 0.15) is 13.8 Å². The van der Waals surface area contributed by atoms with Gasteiger partial charge in [0.1, 0.15) is 0 Å². The van der Waals surface area contributed by atoms with Crippen LogP contribution in [0.5, 0.6) is 0 Å². The smallest absolute Gasteiger partial charge is 0.164 e. The average molecular weight is 1530 g/mol. The van der Waals surface area contributed by atoms with Crippen molar-refractivity contribution in [2.45, 2.75) is 26.9 Å². The average Bonchev–Trinajstić information content (AvgIpc) is 1.63. The van der Waals surface area contributed by atoms with Crippen molar-refractivity contribution in [1.29, 1.82) is 0 Å². The summed E-state index contributed by atoms with van der Waals surface area (Å²) in [5.41, 5.74) is 22.3. The highest BCUT2D eigenvalue weighted by atomic mass is 15.1. The summed E-state index contributed by atoms with van der Waals surface area (Å²) in [6.45, 7) is 6.18. The van der Waals surface area contributed by atoms with Gasteiger partial charge in [-0.3, -0.25) is 0 Å². The minimum Gasteiger partial charge on any atom is -0.340 e. The monoisotopic (exact) mass is 1530 g/mol. The van der Waals surface area contributed by atoms with Gasteiger partial charge in [-0.05, 0) is 67.9 Å². The Labute approximate surface area is 687 Å². The summed E-state index contributed by atoms with van der Waals surface area (Å²) in [6, 6.07) is 135. The van der Waals surface area contributed by atoms with Gasteiger partial charge in [0.25, 0.3) is 0 Å². The van der Waals surface area contributed by atoms with Crippen LogP contribution in [0.25, 0.3) is 207 Å². The Morgan fingerprint density at radius 2 is 0.496 bits per heavy atom. The highest BCUT2D eigenvalue weighted by molar-refractivity contribution is 6.17. The summed E-state index contributed by atoms with van der Waals surface area (Å²) < 4.78 is 7.10. The maximum Gasteiger partial charge on any atom is 0.164 e. The van der Waals surface area contributed by atoms with E-state index in [1.807, 2.05) is 182 Å². The Balaban J connectivity index is 0.000000115. The zero-order chi connectivity index (χ0) is 79.5. The molecular formula is C106H75N13. The molecule has 0 unspecified atom stereocenters. The van der Waals surface area contributed by atoms with Gasteiger partial charge in [0, 0.05) is 129 Å². The van der Waals surface area contributed by atoms with E-state index < -0.39 is 0 Å². The number of aryl methyl sites for hydroxylation is 2. The zero-order valence-electron chi connectivity index (χ0n) is 65.3. The van der Waals surface area contributed by atoms with Crippen molar-refractivity contribution in [1.82, 2.24) is 63.5 Å². The van der Waals surface area contributed by atoms with Crippen LogP contribution in [0.15, 0.2) is 394 Å². The molecule has 0 aliphatic carbocycles. The van der Waals surface area contributed by atoms with Crippen LogP contribution in [0.4, 0.5) is 0 Å². The third-order valence-electron chi connectivity index (χ3n) is 21.9. The summed E-state index contributed by atoms with van der Waals surface area (Å²) in [6.07, 6.45) is 0. The molecule has 0 fully saturated rings. The number of hydrogen-bond donors (Lipinski definition) is 0. The molecule has 0 amide bonds. The summed E-state index contributed by atoms with van der Waals surface area (Å²) in [7, 11) is 0. The minimum absolute atomic E-state index is 0.639. The van der Waals surface area contributed by atoms with Gasteiger partial charge in [-0.2, -0.15) is 0 Å². The van der Waals surface area contributed by atoms with Gasteiger partial charge < -0.3 is 13.7 Å². The number of nitrogens with zero attached hydrogens (tertiary/aromatic N) is 13. The van der Waals surface area contributed by atoms with Gasteiger partial charge in [-0.25, -0.2) is 49.8 Å². The summed E-state index contributed by atoms with van der Waals surface area (Å²) >= 11 is 0. The number of para-hydroxylation sites is 5. The molecule has 0 saturated heterocycles. The van der Waals surface area contributed by atoms with Crippen molar-refractivity contribution in [2.24, 2.45) is 0 Å². The Morgan fingerprint density at radius 1 is 0.202 bits per heavy atom. The zero-order valence-corrected chi connectivity index (χ0v) is 65.3. The molecule has 0 bridgehead atoms. The molecule has 119 heavy (non-hydrogen) atoms. The molecule has 13 nitrogen and oxygen atoms in total. The number of aromatic nitrogens is 13. The molecule has 0 aliphatic rings. The Kier molecular flexibility index (Phi) is 19.3. The van der Waals surface area contributed by atoms with E-state index in [4.69, 9.17) is 49.8 Å². The molecule has 15 aromatic carbocycles. The van der Waals surface area contributed by atoms with Crippen LogP contribution in [-0.4, -0.2) is 63.5 Å². The van der Waals surface area contributed by atoms with Crippen molar-refractivity contribution in [2.75, 3.05) is 0 Å². The Hall–Kier alpha value is -15.9. The second kappa shape index (κ2) is 31.8. The van der Waals surface area contributed by atoms with E-state index in [0.29, 0.717) is 52.4 Å². The molecule has 0 spiro atoms. The second-order valence-electron chi connectivity index (χ2n) is 29.1.